The van der Waals surface area contributed by atoms with Crippen molar-refractivity contribution < 1.29 is 22.3 Å². The molecule has 0 unspecified atom stereocenters. The monoisotopic (exact) mass is 504 g/mol. The third kappa shape index (κ3) is 5.78. The van der Waals surface area contributed by atoms with Crippen molar-refractivity contribution in [3.63, 3.8) is 0 Å². The molecule has 0 aliphatic rings. The van der Waals surface area contributed by atoms with Crippen LogP contribution in [0.1, 0.15) is 16.7 Å². The molecule has 0 saturated heterocycles. The zero-order chi connectivity index (χ0) is 26.1. The molecule has 0 aliphatic carbocycles. The average Bonchev–Trinajstić information content (AvgIpc) is 2.75. The number of pyridine rings is 1. The van der Waals surface area contributed by atoms with Gasteiger partial charge in [-0.25, -0.2) is 19.3 Å². The van der Waals surface area contributed by atoms with Gasteiger partial charge in [-0.15, -0.1) is 0 Å². The number of nitrogens with zero attached hydrogens (tertiary/aromatic N) is 4. The summed E-state index contributed by atoms with van der Waals surface area (Å²) in [5.41, 5.74) is 8.36. The predicted molar refractivity (Wildman–Crippen MR) is 134 cm³/mol. The van der Waals surface area contributed by atoms with E-state index in [-0.39, 0.29) is 23.5 Å². The van der Waals surface area contributed by atoms with Crippen LogP contribution in [0.4, 0.5) is 20.7 Å². The third-order valence-corrected chi connectivity index (χ3v) is 6.36. The highest BCUT2D eigenvalue weighted by Gasteiger charge is 2.22. The van der Waals surface area contributed by atoms with Crippen LogP contribution in [-0.4, -0.2) is 64.5 Å². The number of benzene rings is 2. The summed E-state index contributed by atoms with van der Waals surface area (Å²) in [6.45, 7) is 0.480. The molecule has 0 spiro atoms. The van der Waals surface area contributed by atoms with Crippen LogP contribution in [0.15, 0.2) is 36.4 Å². The van der Waals surface area contributed by atoms with Gasteiger partial charge in [0, 0.05) is 51.1 Å². The SMILES string of the molecule is CN(C)Cc1c(Cc2cccc(N(C)S(N)(=O)=O)c2F)c(N)nc2cc(OC(=O)N(C)C)ccc12. The summed E-state index contributed by atoms with van der Waals surface area (Å²) in [5, 5.41) is 5.94. The van der Waals surface area contributed by atoms with Crippen LogP contribution in [0, 0.1) is 5.82 Å². The zero-order valence-electron chi connectivity index (χ0n) is 20.2. The lowest BCUT2D eigenvalue weighted by molar-refractivity contribution is 0.172. The highest BCUT2D eigenvalue weighted by molar-refractivity contribution is 7.90. The second-order valence-electron chi connectivity index (χ2n) is 8.57. The Kier molecular flexibility index (Phi) is 7.48. The number of nitrogen functional groups attached to an aromatic ring is 1. The first-order chi connectivity index (χ1) is 16.3. The molecular weight excluding hydrogens is 475 g/mol. The molecule has 4 N–H and O–H groups in total. The van der Waals surface area contributed by atoms with Crippen molar-refractivity contribution >= 4 is 38.7 Å². The number of aromatic nitrogens is 1. The summed E-state index contributed by atoms with van der Waals surface area (Å²) in [7, 11) is 3.99. The summed E-state index contributed by atoms with van der Waals surface area (Å²) in [6, 6.07) is 9.51. The van der Waals surface area contributed by atoms with Crippen molar-refractivity contribution in [2.45, 2.75) is 13.0 Å². The molecule has 0 aliphatic heterocycles. The smallest absolute Gasteiger partial charge is 0.410 e. The van der Waals surface area contributed by atoms with E-state index in [4.69, 9.17) is 15.6 Å². The standard InChI is InChI=1S/C23H29FN6O4S/c1-28(2)13-18-16-10-9-15(34-23(31)29(3)4)12-19(16)27-22(25)17(18)11-14-7-6-8-20(21(14)24)30(5)35(26,32)33/h6-10,12H,11,13H2,1-5H3,(H2,25,27)(H2,26,32,33). The van der Waals surface area contributed by atoms with E-state index < -0.39 is 22.1 Å². The lowest BCUT2D eigenvalue weighted by Gasteiger charge is -2.21. The Hall–Kier alpha value is -3.48. The second kappa shape index (κ2) is 10.0. The Morgan fingerprint density at radius 2 is 1.77 bits per heavy atom. The molecule has 12 heteroatoms. The van der Waals surface area contributed by atoms with E-state index >= 15 is 4.39 Å². The van der Waals surface area contributed by atoms with Crippen molar-refractivity contribution in [1.29, 1.82) is 0 Å². The molecular formula is C23H29FN6O4S. The highest BCUT2D eigenvalue weighted by Crippen LogP contribution is 2.32. The van der Waals surface area contributed by atoms with Crippen LogP contribution in [0.2, 0.25) is 0 Å². The van der Waals surface area contributed by atoms with E-state index in [1.54, 1.807) is 44.4 Å². The van der Waals surface area contributed by atoms with Gasteiger partial charge in [0.15, 0.2) is 5.82 Å². The predicted octanol–water partition coefficient (Wildman–Crippen LogP) is 2.31. The van der Waals surface area contributed by atoms with E-state index in [2.05, 4.69) is 4.98 Å². The Morgan fingerprint density at radius 1 is 1.09 bits per heavy atom. The van der Waals surface area contributed by atoms with Gasteiger partial charge in [-0.1, -0.05) is 12.1 Å². The zero-order valence-corrected chi connectivity index (χ0v) is 21.1. The van der Waals surface area contributed by atoms with Crippen LogP contribution in [-0.2, 0) is 23.2 Å². The minimum Gasteiger partial charge on any atom is -0.410 e. The fraction of sp³-hybridized carbons (Fsp3) is 0.304. The van der Waals surface area contributed by atoms with E-state index in [1.807, 2.05) is 19.0 Å². The van der Waals surface area contributed by atoms with Crippen LogP contribution < -0.4 is 19.9 Å². The van der Waals surface area contributed by atoms with E-state index in [0.29, 0.717) is 27.7 Å². The topological polar surface area (TPSA) is 135 Å². The first-order valence-electron chi connectivity index (χ1n) is 10.6. The molecule has 1 aromatic heterocycles. The maximum atomic E-state index is 15.3. The van der Waals surface area contributed by atoms with Crippen molar-refractivity contribution in [3.8, 4) is 5.75 Å². The number of ether oxygens (including phenoxy) is 1. The lowest BCUT2D eigenvalue weighted by Crippen LogP contribution is -2.33. The maximum absolute atomic E-state index is 15.3. The molecule has 1 amide bonds. The molecule has 10 nitrogen and oxygen atoms in total. The van der Waals surface area contributed by atoms with Crippen molar-refractivity contribution in [3.05, 3.63) is 58.9 Å². The van der Waals surface area contributed by atoms with Gasteiger partial charge in [-0.05, 0) is 43.4 Å². The van der Waals surface area contributed by atoms with Crippen LogP contribution in [0.3, 0.4) is 0 Å². The quantitative estimate of drug-likeness (QED) is 0.504. The molecule has 0 bridgehead atoms. The Morgan fingerprint density at radius 3 is 2.37 bits per heavy atom. The van der Waals surface area contributed by atoms with Gasteiger partial charge < -0.3 is 20.3 Å². The van der Waals surface area contributed by atoms with Crippen molar-refractivity contribution in [1.82, 2.24) is 14.8 Å². The molecule has 3 rings (SSSR count). The van der Waals surface area contributed by atoms with Gasteiger partial charge in [-0.3, -0.25) is 4.31 Å². The van der Waals surface area contributed by atoms with Gasteiger partial charge in [-0.2, -0.15) is 8.42 Å². The van der Waals surface area contributed by atoms with Crippen LogP contribution in [0.25, 0.3) is 10.9 Å². The Balaban J connectivity index is 2.12. The molecule has 35 heavy (non-hydrogen) atoms. The van der Waals surface area contributed by atoms with Crippen molar-refractivity contribution in [2.24, 2.45) is 5.14 Å². The summed E-state index contributed by atoms with van der Waals surface area (Å²) in [5.74, 6) is -0.211. The lowest BCUT2D eigenvalue weighted by atomic mass is 9.95. The Bertz CT molecular complexity index is 1380. The number of hydrogen-bond donors (Lipinski definition) is 2. The molecule has 0 saturated carbocycles. The summed E-state index contributed by atoms with van der Waals surface area (Å²) < 4.78 is 44.8. The first kappa shape index (κ1) is 26.1. The number of carbonyl (C=O) groups excluding carboxylic acids is 1. The van der Waals surface area contributed by atoms with Crippen LogP contribution in [0.5, 0.6) is 5.75 Å². The third-order valence-electron chi connectivity index (χ3n) is 5.40. The number of hydrogen-bond acceptors (Lipinski definition) is 7. The van der Waals surface area contributed by atoms with Gasteiger partial charge in [0.05, 0.1) is 11.2 Å². The number of halogens is 1. The number of nitrogens with two attached hydrogens (primary N) is 2. The summed E-state index contributed by atoms with van der Waals surface area (Å²) in [4.78, 5) is 19.7. The molecule has 0 radical (unpaired) electrons. The number of amides is 1. The molecule has 3 aromatic rings. The maximum Gasteiger partial charge on any atom is 0.414 e. The van der Waals surface area contributed by atoms with Gasteiger partial charge in [0.1, 0.15) is 11.6 Å². The first-order valence-corrected chi connectivity index (χ1v) is 12.1. The van der Waals surface area contributed by atoms with Crippen molar-refractivity contribution in [2.75, 3.05) is 45.3 Å². The Labute approximate surface area is 204 Å². The number of rotatable bonds is 7. The van der Waals surface area contributed by atoms with E-state index in [1.165, 1.54) is 18.0 Å². The molecule has 188 valence electrons. The molecule has 2 aromatic carbocycles. The highest BCUT2D eigenvalue weighted by atomic mass is 32.2. The van der Waals surface area contributed by atoms with Crippen LogP contribution >= 0.6 is 0 Å². The number of fused-ring (bicyclic) bond motifs is 1. The summed E-state index contributed by atoms with van der Waals surface area (Å²) in [6.07, 6.45) is -0.449. The van der Waals surface area contributed by atoms with Gasteiger partial charge in [0.2, 0.25) is 0 Å². The molecule has 0 fully saturated rings. The minimum atomic E-state index is -4.14. The molecule has 0 atom stereocenters. The van der Waals surface area contributed by atoms with Gasteiger partial charge in [0.25, 0.3) is 10.2 Å². The fourth-order valence-corrected chi connectivity index (χ4v) is 4.01. The molecule has 1 heterocycles. The van der Waals surface area contributed by atoms with E-state index in [0.717, 1.165) is 10.9 Å². The minimum absolute atomic E-state index is 0.0768. The number of anilines is 2. The summed E-state index contributed by atoms with van der Waals surface area (Å²) >= 11 is 0. The second-order valence-corrected chi connectivity index (χ2v) is 10.2. The average molecular weight is 505 g/mol. The normalized spacial score (nSPS) is 11.7. The van der Waals surface area contributed by atoms with Gasteiger partial charge >= 0.3 is 6.09 Å². The fourth-order valence-electron chi connectivity index (χ4n) is 3.60. The van der Waals surface area contributed by atoms with E-state index in [9.17, 15) is 13.2 Å². The number of carbonyl (C=O) groups is 1. The largest absolute Gasteiger partial charge is 0.414 e.